The zero-order valence-corrected chi connectivity index (χ0v) is 12.4. The van der Waals surface area contributed by atoms with Gasteiger partial charge in [0.2, 0.25) is 0 Å². The molecule has 0 aromatic heterocycles. The van der Waals surface area contributed by atoms with Gasteiger partial charge < -0.3 is 5.11 Å². The highest BCUT2D eigenvalue weighted by Gasteiger charge is 2.32. The molecule has 1 aromatic carbocycles. The van der Waals surface area contributed by atoms with Crippen LogP contribution in [0, 0.1) is 0 Å². The van der Waals surface area contributed by atoms with Crippen LogP contribution in [0.15, 0.2) is 17.0 Å². The first-order valence-corrected chi connectivity index (χ1v) is 7.68. The van der Waals surface area contributed by atoms with E-state index in [1.54, 1.807) is 0 Å². The Kier molecular flexibility index (Phi) is 3.97. The van der Waals surface area contributed by atoms with Gasteiger partial charge in [0.05, 0.1) is 39.1 Å². The predicted molar refractivity (Wildman–Crippen MR) is 73.6 cm³/mol. The lowest BCUT2D eigenvalue weighted by atomic mass is 10.1. The zero-order chi connectivity index (χ0) is 15.1. The summed E-state index contributed by atoms with van der Waals surface area (Å²) < 4.78 is 24.1. The van der Waals surface area contributed by atoms with Gasteiger partial charge >= 0.3 is 5.97 Å². The smallest absolute Gasteiger partial charge is 0.337 e. The molecule has 2 rings (SSSR count). The second-order valence-corrected chi connectivity index (χ2v) is 6.69. The van der Waals surface area contributed by atoms with Crippen LogP contribution < -0.4 is 5.48 Å². The van der Waals surface area contributed by atoms with Gasteiger partial charge in [0.15, 0.2) is 9.84 Å². The fraction of sp³-hybridized carbons (Fsp3) is 0.182. The van der Waals surface area contributed by atoms with Gasteiger partial charge in [0.1, 0.15) is 0 Å². The maximum Gasteiger partial charge on any atom is 0.337 e. The molecule has 20 heavy (non-hydrogen) atoms. The number of fused-ring (bicyclic) bond motifs is 1. The molecule has 1 aliphatic rings. The highest BCUT2D eigenvalue weighted by atomic mass is 35.5. The zero-order valence-electron chi connectivity index (χ0n) is 10.1. The maximum atomic E-state index is 12.1. The first-order chi connectivity index (χ1) is 9.29. The molecule has 0 atom stereocenters. The molecule has 0 unspecified atom stereocenters. The number of hydrogen-bond acceptors (Lipinski definition) is 5. The Balaban J connectivity index is 2.86. The Morgan fingerprint density at radius 3 is 2.65 bits per heavy atom. The Morgan fingerprint density at radius 1 is 1.45 bits per heavy atom. The van der Waals surface area contributed by atoms with Crippen molar-refractivity contribution in [1.82, 2.24) is 5.48 Å². The Bertz CT molecular complexity index is 727. The van der Waals surface area contributed by atoms with Crippen LogP contribution in [0.1, 0.15) is 15.9 Å². The number of hydrogen-bond donors (Lipinski definition) is 2. The van der Waals surface area contributed by atoms with Crippen LogP contribution in [0.2, 0.25) is 10.0 Å². The molecule has 0 bridgehead atoms. The summed E-state index contributed by atoms with van der Waals surface area (Å²) in [5.41, 5.74) is 2.45. The van der Waals surface area contributed by atoms with Crippen molar-refractivity contribution >= 4 is 44.7 Å². The van der Waals surface area contributed by atoms with E-state index in [2.05, 4.69) is 5.48 Å². The minimum atomic E-state index is -3.67. The van der Waals surface area contributed by atoms with Crippen LogP contribution in [0.25, 0.3) is 5.70 Å². The third kappa shape index (κ3) is 2.37. The Hall–Kier alpha value is -1.28. The molecule has 1 aliphatic heterocycles. The second-order valence-electron chi connectivity index (χ2n) is 3.93. The Labute approximate surface area is 124 Å². The minimum absolute atomic E-state index is 0.00432. The van der Waals surface area contributed by atoms with Crippen molar-refractivity contribution in [3.8, 4) is 0 Å². The number of sulfone groups is 1. The molecule has 108 valence electrons. The number of benzene rings is 1. The minimum Gasteiger partial charge on any atom is -0.478 e. The molecule has 0 radical (unpaired) electrons. The van der Waals surface area contributed by atoms with Crippen LogP contribution in [0.5, 0.6) is 0 Å². The topological polar surface area (TPSA) is 92.7 Å². The number of carbonyl (C=O) groups is 1. The summed E-state index contributed by atoms with van der Waals surface area (Å²) in [4.78, 5) is 15.7. The monoisotopic (exact) mass is 337 g/mol. The van der Waals surface area contributed by atoms with Gasteiger partial charge in [0, 0.05) is 5.56 Å². The SMILES string of the molecule is CONC1=CCS(=O)(=O)c2c(Cl)cc(C(=O)O)c(Cl)c21. The highest BCUT2D eigenvalue weighted by Crippen LogP contribution is 2.40. The summed E-state index contributed by atoms with van der Waals surface area (Å²) in [6.07, 6.45) is 1.34. The summed E-state index contributed by atoms with van der Waals surface area (Å²) in [6, 6.07) is 1.03. The van der Waals surface area contributed by atoms with Crippen LogP contribution in [-0.2, 0) is 14.7 Å². The van der Waals surface area contributed by atoms with E-state index in [1.807, 2.05) is 0 Å². The third-order valence-electron chi connectivity index (χ3n) is 2.70. The average Bonchev–Trinajstić information content (AvgIpc) is 2.35. The predicted octanol–water partition coefficient (Wildman–Crippen LogP) is 1.97. The molecule has 0 amide bonds. The van der Waals surface area contributed by atoms with Crippen molar-refractivity contribution in [2.24, 2.45) is 0 Å². The van der Waals surface area contributed by atoms with Gasteiger partial charge in [-0.15, -0.1) is 0 Å². The fourth-order valence-corrected chi connectivity index (χ4v) is 4.27. The number of aromatic carboxylic acids is 1. The van der Waals surface area contributed by atoms with Gasteiger partial charge in [-0.2, -0.15) is 0 Å². The number of carboxylic acids is 1. The second kappa shape index (κ2) is 5.25. The fourth-order valence-electron chi connectivity index (χ4n) is 1.89. The van der Waals surface area contributed by atoms with Gasteiger partial charge in [-0.3, -0.25) is 10.3 Å². The van der Waals surface area contributed by atoms with Crippen LogP contribution in [0.4, 0.5) is 0 Å². The van der Waals surface area contributed by atoms with Crippen molar-refractivity contribution in [3.05, 3.63) is 33.3 Å². The highest BCUT2D eigenvalue weighted by molar-refractivity contribution is 7.91. The lowest BCUT2D eigenvalue weighted by Crippen LogP contribution is -2.22. The van der Waals surface area contributed by atoms with E-state index in [0.29, 0.717) is 0 Å². The van der Waals surface area contributed by atoms with E-state index in [4.69, 9.17) is 33.1 Å². The van der Waals surface area contributed by atoms with Crippen LogP contribution in [0.3, 0.4) is 0 Å². The maximum absolute atomic E-state index is 12.1. The number of rotatable bonds is 3. The first kappa shape index (κ1) is 15.1. The summed E-state index contributed by atoms with van der Waals surface area (Å²) in [7, 11) is -2.34. The molecule has 0 aliphatic carbocycles. The van der Waals surface area contributed by atoms with E-state index >= 15 is 0 Å². The van der Waals surface area contributed by atoms with Crippen molar-refractivity contribution in [1.29, 1.82) is 0 Å². The standard InChI is InChI=1S/C11H9Cl2NO5S/c1-19-14-7-2-3-20(17,18)10-6(12)4-5(11(15)16)9(13)8(7)10/h2,4,14H,3H2,1H3,(H,15,16). The summed E-state index contributed by atoms with van der Waals surface area (Å²) in [5, 5.41) is 8.67. The number of carboxylic acid groups (broad SMARTS) is 1. The molecular formula is C11H9Cl2NO5S. The summed E-state index contributed by atoms with van der Waals surface area (Å²) in [5.74, 6) is -1.59. The van der Waals surface area contributed by atoms with Crippen molar-refractivity contribution in [3.63, 3.8) is 0 Å². The summed E-state index contributed by atoms with van der Waals surface area (Å²) in [6.45, 7) is 0. The molecule has 9 heteroatoms. The van der Waals surface area contributed by atoms with Crippen LogP contribution >= 0.6 is 23.2 Å². The van der Waals surface area contributed by atoms with Crippen molar-refractivity contribution < 1.29 is 23.2 Å². The molecule has 1 aromatic rings. The van der Waals surface area contributed by atoms with Gasteiger partial charge in [-0.25, -0.2) is 13.2 Å². The first-order valence-electron chi connectivity index (χ1n) is 5.27. The molecular weight excluding hydrogens is 329 g/mol. The normalized spacial score (nSPS) is 16.2. The third-order valence-corrected chi connectivity index (χ3v) is 5.15. The number of hydroxylamine groups is 1. The van der Waals surface area contributed by atoms with Crippen molar-refractivity contribution in [2.75, 3.05) is 12.9 Å². The molecule has 0 saturated heterocycles. The van der Waals surface area contributed by atoms with E-state index in [-0.39, 0.29) is 37.5 Å². The molecule has 0 spiro atoms. The quantitative estimate of drug-likeness (QED) is 0.819. The molecule has 6 nitrogen and oxygen atoms in total. The van der Waals surface area contributed by atoms with Gasteiger partial charge in [-0.1, -0.05) is 23.2 Å². The lowest BCUT2D eigenvalue weighted by molar-refractivity contribution is 0.0697. The number of halogens is 2. The largest absolute Gasteiger partial charge is 0.478 e. The number of nitrogens with one attached hydrogen (secondary N) is 1. The molecule has 2 N–H and O–H groups in total. The van der Waals surface area contributed by atoms with E-state index in [1.165, 1.54) is 13.2 Å². The average molecular weight is 338 g/mol. The molecule has 0 fully saturated rings. The van der Waals surface area contributed by atoms with E-state index < -0.39 is 15.8 Å². The lowest BCUT2D eigenvalue weighted by Gasteiger charge is -2.21. The van der Waals surface area contributed by atoms with Crippen LogP contribution in [-0.4, -0.2) is 32.4 Å². The molecule has 1 heterocycles. The summed E-state index contributed by atoms with van der Waals surface area (Å²) >= 11 is 11.9. The van der Waals surface area contributed by atoms with Gasteiger partial charge in [0.25, 0.3) is 0 Å². The van der Waals surface area contributed by atoms with Crippen molar-refractivity contribution in [2.45, 2.75) is 4.90 Å². The molecule has 0 saturated carbocycles. The Morgan fingerprint density at radius 2 is 2.10 bits per heavy atom. The van der Waals surface area contributed by atoms with Gasteiger partial charge in [-0.05, 0) is 12.1 Å². The van der Waals surface area contributed by atoms with E-state index in [0.717, 1.165) is 6.07 Å². The van der Waals surface area contributed by atoms with E-state index in [9.17, 15) is 13.2 Å².